The van der Waals surface area contributed by atoms with Gasteiger partial charge >= 0.3 is 0 Å². The standard InChI is InChI=1S/C23H23ClFN3O2S2/c1-14-20(13-15-7-9-16(25)10-8-15)32-23(26-14)28-22(30)19(11-12-31-2)27-21(29)17-5-3-4-6-18(17)24/h3-10,19H,11-13H2,1-2H3,(H,27,29)(H,26,28,30). The molecule has 1 atom stereocenters. The lowest BCUT2D eigenvalue weighted by atomic mass is 10.1. The maximum absolute atomic E-state index is 13.1. The average molecular weight is 492 g/mol. The highest BCUT2D eigenvalue weighted by Crippen LogP contribution is 2.26. The van der Waals surface area contributed by atoms with Crippen LogP contribution in [0, 0.1) is 12.7 Å². The van der Waals surface area contributed by atoms with Gasteiger partial charge in [0.05, 0.1) is 16.3 Å². The van der Waals surface area contributed by atoms with Gasteiger partial charge in [-0.15, -0.1) is 11.3 Å². The summed E-state index contributed by atoms with van der Waals surface area (Å²) >= 11 is 9.08. The second-order valence-electron chi connectivity index (χ2n) is 7.11. The van der Waals surface area contributed by atoms with Crippen LogP contribution >= 0.6 is 34.7 Å². The van der Waals surface area contributed by atoms with Crippen LogP contribution in [0.1, 0.15) is 32.9 Å². The van der Waals surface area contributed by atoms with Crippen molar-refractivity contribution in [3.8, 4) is 0 Å². The fourth-order valence-corrected chi connectivity index (χ4v) is 4.70. The second kappa shape index (κ2) is 11.4. The normalized spacial score (nSPS) is 11.8. The zero-order chi connectivity index (χ0) is 23.1. The van der Waals surface area contributed by atoms with Crippen molar-refractivity contribution in [2.75, 3.05) is 17.3 Å². The molecule has 32 heavy (non-hydrogen) atoms. The van der Waals surface area contributed by atoms with E-state index in [1.165, 1.54) is 23.5 Å². The van der Waals surface area contributed by atoms with Gasteiger partial charge in [0, 0.05) is 11.3 Å². The number of thiazole rings is 1. The molecule has 9 heteroatoms. The molecule has 0 spiro atoms. The molecule has 2 N–H and O–H groups in total. The molecule has 0 fully saturated rings. The first-order chi connectivity index (χ1) is 15.4. The Morgan fingerprint density at radius 2 is 1.91 bits per heavy atom. The SMILES string of the molecule is CSCCC(NC(=O)c1ccccc1Cl)C(=O)Nc1nc(C)c(Cc2ccc(F)cc2)s1. The van der Waals surface area contributed by atoms with Crippen molar-refractivity contribution in [1.82, 2.24) is 10.3 Å². The van der Waals surface area contributed by atoms with Crippen LogP contribution in [0.3, 0.4) is 0 Å². The molecule has 2 aromatic carbocycles. The molecular weight excluding hydrogens is 469 g/mol. The molecule has 1 unspecified atom stereocenters. The van der Waals surface area contributed by atoms with E-state index in [2.05, 4.69) is 15.6 Å². The van der Waals surface area contributed by atoms with Gasteiger partial charge in [-0.3, -0.25) is 9.59 Å². The molecule has 1 aromatic heterocycles. The Bertz CT molecular complexity index is 1090. The minimum atomic E-state index is -0.726. The van der Waals surface area contributed by atoms with E-state index in [1.807, 2.05) is 13.2 Å². The minimum absolute atomic E-state index is 0.280. The van der Waals surface area contributed by atoms with Crippen LogP contribution in [-0.4, -0.2) is 34.8 Å². The van der Waals surface area contributed by atoms with Crippen molar-refractivity contribution in [2.24, 2.45) is 0 Å². The monoisotopic (exact) mass is 491 g/mol. The molecule has 0 bridgehead atoms. The number of benzene rings is 2. The fraction of sp³-hybridized carbons (Fsp3) is 0.261. The third-order valence-electron chi connectivity index (χ3n) is 4.75. The highest BCUT2D eigenvalue weighted by atomic mass is 35.5. The lowest BCUT2D eigenvalue weighted by Gasteiger charge is -2.17. The van der Waals surface area contributed by atoms with Crippen LogP contribution in [0.25, 0.3) is 0 Å². The Balaban J connectivity index is 1.69. The van der Waals surface area contributed by atoms with Crippen LogP contribution in [0.15, 0.2) is 48.5 Å². The fourth-order valence-electron chi connectivity index (χ4n) is 3.01. The maximum Gasteiger partial charge on any atom is 0.253 e. The second-order valence-corrected chi connectivity index (χ2v) is 9.58. The van der Waals surface area contributed by atoms with Gasteiger partial charge in [0.15, 0.2) is 5.13 Å². The molecule has 3 aromatic rings. The van der Waals surface area contributed by atoms with Gasteiger partial charge < -0.3 is 10.6 Å². The Morgan fingerprint density at radius 1 is 1.19 bits per heavy atom. The number of halogens is 2. The summed E-state index contributed by atoms with van der Waals surface area (Å²) in [7, 11) is 0. The summed E-state index contributed by atoms with van der Waals surface area (Å²) in [6.07, 6.45) is 3.01. The Morgan fingerprint density at radius 3 is 2.59 bits per heavy atom. The summed E-state index contributed by atoms with van der Waals surface area (Å²) in [5.41, 5.74) is 2.08. The van der Waals surface area contributed by atoms with Gasteiger partial charge in [-0.25, -0.2) is 9.37 Å². The first-order valence-corrected chi connectivity index (χ1v) is 12.5. The number of hydrogen-bond acceptors (Lipinski definition) is 5. The van der Waals surface area contributed by atoms with Gasteiger partial charge in [0.1, 0.15) is 11.9 Å². The summed E-state index contributed by atoms with van der Waals surface area (Å²) in [5, 5.41) is 6.41. The predicted octanol–water partition coefficient (Wildman–Crippen LogP) is 5.33. The summed E-state index contributed by atoms with van der Waals surface area (Å²) in [6.45, 7) is 1.87. The molecule has 5 nitrogen and oxygen atoms in total. The number of rotatable bonds is 9. The van der Waals surface area contributed by atoms with Gasteiger partial charge in [-0.2, -0.15) is 11.8 Å². The molecule has 2 amide bonds. The Labute approximate surface area is 199 Å². The average Bonchev–Trinajstić information content (AvgIpc) is 3.11. The number of anilines is 1. The van der Waals surface area contributed by atoms with E-state index in [9.17, 15) is 14.0 Å². The number of hydrogen-bond donors (Lipinski definition) is 2. The van der Waals surface area contributed by atoms with E-state index in [4.69, 9.17) is 11.6 Å². The van der Waals surface area contributed by atoms with Crippen molar-refractivity contribution >= 4 is 51.6 Å². The summed E-state index contributed by atoms with van der Waals surface area (Å²) in [6, 6.07) is 12.3. The van der Waals surface area contributed by atoms with E-state index in [0.29, 0.717) is 34.3 Å². The lowest BCUT2D eigenvalue weighted by Crippen LogP contribution is -2.44. The van der Waals surface area contributed by atoms with Gasteiger partial charge in [0.2, 0.25) is 5.91 Å². The first-order valence-electron chi connectivity index (χ1n) is 9.93. The highest BCUT2D eigenvalue weighted by Gasteiger charge is 2.23. The topological polar surface area (TPSA) is 71.1 Å². The largest absolute Gasteiger partial charge is 0.340 e. The number of carbonyl (C=O) groups excluding carboxylic acids is 2. The van der Waals surface area contributed by atoms with Crippen LogP contribution in [-0.2, 0) is 11.2 Å². The maximum atomic E-state index is 13.1. The van der Waals surface area contributed by atoms with Gasteiger partial charge in [-0.1, -0.05) is 35.9 Å². The van der Waals surface area contributed by atoms with E-state index in [1.54, 1.807) is 48.2 Å². The number of amides is 2. The predicted molar refractivity (Wildman–Crippen MR) is 130 cm³/mol. The van der Waals surface area contributed by atoms with Gasteiger partial charge in [0.25, 0.3) is 5.91 Å². The van der Waals surface area contributed by atoms with E-state index in [0.717, 1.165) is 16.1 Å². The molecule has 0 aliphatic heterocycles. The van der Waals surface area contributed by atoms with E-state index >= 15 is 0 Å². The molecule has 0 radical (unpaired) electrons. The first kappa shape index (κ1) is 24.2. The highest BCUT2D eigenvalue weighted by molar-refractivity contribution is 7.98. The lowest BCUT2D eigenvalue weighted by molar-refractivity contribution is -0.118. The van der Waals surface area contributed by atoms with Crippen LogP contribution in [0.2, 0.25) is 5.02 Å². The van der Waals surface area contributed by atoms with Crippen molar-refractivity contribution in [2.45, 2.75) is 25.8 Å². The molecule has 3 rings (SSSR count). The zero-order valence-electron chi connectivity index (χ0n) is 17.7. The molecule has 1 heterocycles. The smallest absolute Gasteiger partial charge is 0.253 e. The van der Waals surface area contributed by atoms with E-state index < -0.39 is 11.9 Å². The number of thioether (sulfide) groups is 1. The Kier molecular flexibility index (Phi) is 8.67. The minimum Gasteiger partial charge on any atom is -0.340 e. The van der Waals surface area contributed by atoms with Crippen molar-refractivity contribution in [1.29, 1.82) is 0 Å². The summed E-state index contributed by atoms with van der Waals surface area (Å²) in [5.74, 6) is -0.309. The number of nitrogens with one attached hydrogen (secondary N) is 2. The number of aromatic nitrogens is 1. The zero-order valence-corrected chi connectivity index (χ0v) is 20.0. The van der Waals surface area contributed by atoms with Gasteiger partial charge in [-0.05, 0) is 55.2 Å². The molecule has 0 aliphatic rings. The third kappa shape index (κ3) is 6.54. The number of nitrogens with zero attached hydrogens (tertiary/aromatic N) is 1. The molecule has 168 valence electrons. The number of carbonyl (C=O) groups is 2. The molecule has 0 saturated heterocycles. The number of aryl methyl sites for hydroxylation is 1. The molecule has 0 aliphatic carbocycles. The third-order valence-corrected chi connectivity index (χ3v) is 6.80. The summed E-state index contributed by atoms with van der Waals surface area (Å²) < 4.78 is 13.1. The van der Waals surface area contributed by atoms with Crippen molar-refractivity contribution < 1.29 is 14.0 Å². The van der Waals surface area contributed by atoms with Crippen molar-refractivity contribution in [3.63, 3.8) is 0 Å². The van der Waals surface area contributed by atoms with Crippen LogP contribution in [0.5, 0.6) is 0 Å². The molecule has 0 saturated carbocycles. The van der Waals surface area contributed by atoms with Crippen molar-refractivity contribution in [3.05, 3.63) is 81.1 Å². The summed E-state index contributed by atoms with van der Waals surface area (Å²) in [4.78, 5) is 31.0. The quantitative estimate of drug-likeness (QED) is 0.424. The molecular formula is C23H23ClFN3O2S2. The van der Waals surface area contributed by atoms with Crippen LogP contribution < -0.4 is 10.6 Å². The Hall–Kier alpha value is -2.42. The van der Waals surface area contributed by atoms with Crippen LogP contribution in [0.4, 0.5) is 9.52 Å². The van der Waals surface area contributed by atoms with E-state index in [-0.39, 0.29) is 11.7 Å².